The first kappa shape index (κ1) is 24.5. The van der Waals surface area contributed by atoms with Crippen LogP contribution in [-0.2, 0) is 4.79 Å². The normalized spacial score (nSPS) is 23.4. The highest BCUT2D eigenvalue weighted by Gasteiger charge is 2.41. The Morgan fingerprint density at radius 1 is 1.12 bits per heavy atom. The Morgan fingerprint density at radius 2 is 1.79 bits per heavy atom. The molecule has 1 aliphatic heterocycles. The summed E-state index contributed by atoms with van der Waals surface area (Å²) in [6.07, 6.45) is 0.0391. The Bertz CT molecular complexity index is 1050. The summed E-state index contributed by atoms with van der Waals surface area (Å²) < 4.78 is 45.0. The molecule has 1 heterocycles. The maximum absolute atomic E-state index is 13.0. The molecule has 0 N–H and O–H groups in total. The summed E-state index contributed by atoms with van der Waals surface area (Å²) in [6, 6.07) is 12.3. The number of fused-ring (bicyclic) bond motifs is 1. The highest BCUT2D eigenvalue weighted by molar-refractivity contribution is 5.90. The van der Waals surface area contributed by atoms with Crippen molar-refractivity contribution in [2.24, 2.45) is 11.8 Å². The van der Waals surface area contributed by atoms with Crippen LogP contribution in [0.5, 0.6) is 5.75 Å². The zero-order valence-corrected chi connectivity index (χ0v) is 19.5. The van der Waals surface area contributed by atoms with E-state index >= 15 is 0 Å². The molecular formula is C27H31F3N2O2. The molecule has 182 valence electrons. The molecule has 0 bridgehead atoms. The van der Waals surface area contributed by atoms with Crippen LogP contribution >= 0.6 is 0 Å². The van der Waals surface area contributed by atoms with Crippen LogP contribution < -0.4 is 4.74 Å². The van der Waals surface area contributed by atoms with Crippen LogP contribution in [0.4, 0.5) is 13.2 Å². The van der Waals surface area contributed by atoms with E-state index in [0.717, 1.165) is 55.0 Å². The van der Waals surface area contributed by atoms with Crippen LogP contribution in [0.2, 0.25) is 0 Å². The molecule has 1 aliphatic carbocycles. The van der Waals surface area contributed by atoms with Gasteiger partial charge < -0.3 is 9.53 Å². The van der Waals surface area contributed by atoms with Crippen LogP contribution in [-0.4, -0.2) is 36.6 Å². The lowest BCUT2D eigenvalue weighted by Gasteiger charge is -2.36. The van der Waals surface area contributed by atoms with E-state index in [9.17, 15) is 23.2 Å². The van der Waals surface area contributed by atoms with Gasteiger partial charge in [0, 0.05) is 17.3 Å². The quantitative estimate of drug-likeness (QED) is 0.446. The summed E-state index contributed by atoms with van der Waals surface area (Å²) in [7, 11) is 0. The van der Waals surface area contributed by atoms with Gasteiger partial charge in [0.1, 0.15) is 23.7 Å². The molecule has 1 unspecified atom stereocenters. The second kappa shape index (κ2) is 10.4. The molecule has 0 spiro atoms. The van der Waals surface area contributed by atoms with Gasteiger partial charge in [0.15, 0.2) is 0 Å². The Kier molecular flexibility index (Phi) is 7.47. The summed E-state index contributed by atoms with van der Waals surface area (Å²) in [5, 5.41) is 11.7. The molecule has 2 fully saturated rings. The molecule has 1 atom stereocenters. The maximum Gasteiger partial charge on any atom is 0.391 e. The van der Waals surface area contributed by atoms with Crippen molar-refractivity contribution in [3.05, 3.63) is 41.5 Å². The number of rotatable bonds is 6. The number of carbonyl (C=O) groups is 1. The highest BCUT2D eigenvalue weighted by atomic mass is 19.4. The molecule has 2 aliphatic rings. The number of hydrogen-bond acceptors (Lipinski definition) is 4. The fraction of sp³-hybridized carbons (Fsp3) is 0.556. The van der Waals surface area contributed by atoms with E-state index in [1.54, 1.807) is 6.07 Å². The summed E-state index contributed by atoms with van der Waals surface area (Å²) in [5.74, 6) is -0.673. The van der Waals surface area contributed by atoms with Gasteiger partial charge >= 0.3 is 6.18 Å². The molecule has 4 rings (SSSR count). The van der Waals surface area contributed by atoms with Crippen LogP contribution in [0.1, 0.15) is 69.0 Å². The smallest absolute Gasteiger partial charge is 0.391 e. The van der Waals surface area contributed by atoms with Crippen molar-refractivity contribution >= 4 is 17.1 Å². The van der Waals surface area contributed by atoms with E-state index in [4.69, 9.17) is 4.74 Å². The average Bonchev–Trinajstić information content (AvgIpc) is 2.84. The number of carbonyl (C=O) groups excluding carboxylic acids is 1. The first-order chi connectivity index (χ1) is 16.3. The first-order valence-electron chi connectivity index (χ1n) is 12.2. The molecular weight excluding hydrogens is 441 g/mol. The summed E-state index contributed by atoms with van der Waals surface area (Å²) in [6.45, 7) is 3.88. The van der Waals surface area contributed by atoms with E-state index in [-0.39, 0.29) is 30.9 Å². The third-order valence-corrected chi connectivity index (χ3v) is 7.53. The SMILES string of the molecule is CCC(c1ccc2ccc(OC3CCC(C(F)(F)F)CC3)c(C#N)c2c1)N1CCC(C=O)CC1. The van der Waals surface area contributed by atoms with Gasteiger partial charge in [-0.05, 0) is 81.1 Å². The van der Waals surface area contributed by atoms with Gasteiger partial charge in [-0.1, -0.05) is 25.1 Å². The monoisotopic (exact) mass is 472 g/mol. The summed E-state index contributed by atoms with van der Waals surface area (Å²) in [4.78, 5) is 13.5. The number of aldehydes is 1. The minimum absolute atomic E-state index is 0.0623. The second-order valence-electron chi connectivity index (χ2n) is 9.60. The predicted molar refractivity (Wildman–Crippen MR) is 124 cm³/mol. The van der Waals surface area contributed by atoms with Crippen molar-refractivity contribution in [3.63, 3.8) is 0 Å². The zero-order chi connectivity index (χ0) is 24.3. The number of nitrogens with zero attached hydrogens (tertiary/aromatic N) is 2. The lowest BCUT2D eigenvalue weighted by Crippen LogP contribution is -2.37. The second-order valence-corrected chi connectivity index (χ2v) is 9.60. The molecule has 0 amide bonds. The average molecular weight is 473 g/mol. The molecule has 1 saturated heterocycles. The van der Waals surface area contributed by atoms with E-state index in [0.29, 0.717) is 24.2 Å². The molecule has 1 saturated carbocycles. The number of ether oxygens (including phenoxy) is 1. The predicted octanol–water partition coefficient (Wildman–Crippen LogP) is 6.57. The van der Waals surface area contributed by atoms with Gasteiger partial charge in [-0.2, -0.15) is 18.4 Å². The van der Waals surface area contributed by atoms with Crippen molar-refractivity contribution < 1.29 is 22.7 Å². The van der Waals surface area contributed by atoms with Crippen LogP contribution in [0.15, 0.2) is 30.3 Å². The first-order valence-corrected chi connectivity index (χ1v) is 12.2. The molecule has 0 radical (unpaired) electrons. The van der Waals surface area contributed by atoms with Gasteiger partial charge in [-0.25, -0.2) is 0 Å². The number of piperidine rings is 1. The highest BCUT2D eigenvalue weighted by Crippen LogP contribution is 2.40. The summed E-state index contributed by atoms with van der Waals surface area (Å²) >= 11 is 0. The number of hydrogen-bond donors (Lipinski definition) is 0. The topological polar surface area (TPSA) is 53.3 Å². The Morgan fingerprint density at radius 3 is 2.38 bits per heavy atom. The minimum Gasteiger partial charge on any atom is -0.489 e. The standard InChI is InChI=1S/C27H31F3N2O2/c1-2-25(32-13-11-18(17-33)12-14-32)20-4-3-19-5-10-26(24(16-31)23(19)15-20)34-22-8-6-21(7-9-22)27(28,29)30/h3-5,10,15,17-18,21-22,25H,2,6-9,11-14H2,1H3. The number of benzene rings is 2. The van der Waals surface area contributed by atoms with Gasteiger partial charge in [-0.3, -0.25) is 4.90 Å². The van der Waals surface area contributed by atoms with Crippen molar-refractivity contribution in [1.29, 1.82) is 5.26 Å². The lowest BCUT2D eigenvalue weighted by atomic mass is 9.87. The number of likely N-dealkylation sites (tertiary alicyclic amines) is 1. The van der Waals surface area contributed by atoms with E-state index < -0.39 is 12.1 Å². The Balaban J connectivity index is 1.55. The molecule has 2 aromatic rings. The number of alkyl halides is 3. The third kappa shape index (κ3) is 5.22. The zero-order valence-electron chi connectivity index (χ0n) is 19.5. The molecule has 7 heteroatoms. The number of nitriles is 1. The van der Waals surface area contributed by atoms with Gasteiger partial charge in [0.2, 0.25) is 0 Å². The van der Waals surface area contributed by atoms with E-state index in [1.165, 1.54) is 0 Å². The maximum atomic E-state index is 13.0. The largest absolute Gasteiger partial charge is 0.489 e. The fourth-order valence-electron chi connectivity index (χ4n) is 5.50. The van der Waals surface area contributed by atoms with E-state index in [2.05, 4.69) is 30.0 Å². The Hall–Kier alpha value is -2.59. The van der Waals surface area contributed by atoms with E-state index in [1.807, 2.05) is 12.1 Å². The molecule has 0 aromatic heterocycles. The van der Waals surface area contributed by atoms with Crippen molar-refractivity contribution in [3.8, 4) is 11.8 Å². The molecule has 4 nitrogen and oxygen atoms in total. The number of halogens is 3. The van der Waals surface area contributed by atoms with Crippen molar-refractivity contribution in [2.75, 3.05) is 13.1 Å². The summed E-state index contributed by atoms with van der Waals surface area (Å²) in [5.41, 5.74) is 1.56. The molecule has 34 heavy (non-hydrogen) atoms. The minimum atomic E-state index is -4.15. The lowest BCUT2D eigenvalue weighted by molar-refractivity contribution is -0.185. The van der Waals surface area contributed by atoms with Crippen LogP contribution in [0, 0.1) is 23.2 Å². The van der Waals surface area contributed by atoms with Gasteiger partial charge in [0.25, 0.3) is 0 Å². The molecule has 2 aromatic carbocycles. The van der Waals surface area contributed by atoms with Crippen LogP contribution in [0.3, 0.4) is 0 Å². The van der Waals surface area contributed by atoms with Gasteiger partial charge in [0.05, 0.1) is 12.0 Å². The van der Waals surface area contributed by atoms with Crippen molar-refractivity contribution in [2.45, 2.75) is 70.2 Å². The Labute approximate surface area is 198 Å². The van der Waals surface area contributed by atoms with Crippen LogP contribution in [0.25, 0.3) is 10.8 Å². The van der Waals surface area contributed by atoms with Gasteiger partial charge in [-0.15, -0.1) is 0 Å². The fourth-order valence-corrected chi connectivity index (χ4v) is 5.50. The third-order valence-electron chi connectivity index (χ3n) is 7.53. The van der Waals surface area contributed by atoms with Crippen molar-refractivity contribution in [1.82, 2.24) is 4.90 Å².